The van der Waals surface area contributed by atoms with Crippen molar-refractivity contribution in [1.29, 1.82) is 0 Å². The summed E-state index contributed by atoms with van der Waals surface area (Å²) < 4.78 is 7.47. The van der Waals surface area contributed by atoms with Gasteiger partial charge in [0.15, 0.2) is 0 Å². The van der Waals surface area contributed by atoms with Gasteiger partial charge in [0.1, 0.15) is 5.75 Å². The number of anilines is 1. The molecule has 0 radical (unpaired) electrons. The summed E-state index contributed by atoms with van der Waals surface area (Å²) in [5, 5.41) is 10.7. The highest BCUT2D eigenvalue weighted by atomic mass is 16.5. The lowest BCUT2D eigenvalue weighted by Crippen LogP contribution is -2.36. The Kier molecular flexibility index (Phi) is 7.65. The van der Waals surface area contributed by atoms with Crippen molar-refractivity contribution in [2.45, 2.75) is 47.7 Å². The molecule has 0 aliphatic rings. The minimum Gasteiger partial charge on any atom is -0.494 e. The van der Waals surface area contributed by atoms with Crippen molar-refractivity contribution in [3.05, 3.63) is 76.6 Å². The first kappa shape index (κ1) is 23.1. The fourth-order valence-corrected chi connectivity index (χ4v) is 3.48. The Morgan fingerprint density at radius 3 is 2.41 bits per heavy atom. The number of guanidine groups is 1. The topological polar surface area (TPSA) is 80.5 Å². The standard InChI is InChI=1S/C25H31N5O2/c1-6-30-19(5)23(18(4)29-30)16-26-25(27-20-12-14-21(15-13-20)32-7-2)28-24(31)22-11-9-8-10-17(22)3/h8-15H,6-7,16H2,1-5H3,(H2,26,27,28,31). The summed E-state index contributed by atoms with van der Waals surface area (Å²) in [7, 11) is 0. The van der Waals surface area contributed by atoms with E-state index in [2.05, 4.69) is 22.7 Å². The summed E-state index contributed by atoms with van der Waals surface area (Å²) in [6.45, 7) is 11.8. The first-order chi connectivity index (χ1) is 15.4. The monoisotopic (exact) mass is 433 g/mol. The number of hydrogen-bond acceptors (Lipinski definition) is 4. The van der Waals surface area contributed by atoms with Crippen LogP contribution in [0.25, 0.3) is 0 Å². The second-order valence-corrected chi connectivity index (χ2v) is 7.48. The van der Waals surface area contributed by atoms with Gasteiger partial charge in [-0.25, -0.2) is 4.99 Å². The van der Waals surface area contributed by atoms with E-state index in [1.165, 1.54) is 0 Å². The van der Waals surface area contributed by atoms with Crippen LogP contribution in [0.1, 0.15) is 46.7 Å². The molecule has 1 amide bonds. The Balaban J connectivity index is 1.86. The minimum absolute atomic E-state index is 0.210. The number of ether oxygens (including phenoxy) is 1. The Morgan fingerprint density at radius 2 is 1.78 bits per heavy atom. The molecule has 3 aromatic rings. The minimum atomic E-state index is -0.210. The average molecular weight is 434 g/mol. The molecule has 0 saturated heterocycles. The Hall–Kier alpha value is -3.61. The van der Waals surface area contributed by atoms with Crippen molar-refractivity contribution in [3.8, 4) is 5.75 Å². The van der Waals surface area contributed by atoms with Gasteiger partial charge in [-0.2, -0.15) is 5.10 Å². The van der Waals surface area contributed by atoms with Gasteiger partial charge in [0.25, 0.3) is 5.91 Å². The van der Waals surface area contributed by atoms with Gasteiger partial charge in [0.2, 0.25) is 5.96 Å². The molecule has 0 bridgehead atoms. The van der Waals surface area contributed by atoms with Crippen LogP contribution in [-0.4, -0.2) is 28.3 Å². The third-order valence-corrected chi connectivity index (χ3v) is 5.28. The van der Waals surface area contributed by atoms with E-state index in [1.807, 2.05) is 74.8 Å². The van der Waals surface area contributed by atoms with E-state index < -0.39 is 0 Å². The lowest BCUT2D eigenvalue weighted by Gasteiger charge is -2.13. The summed E-state index contributed by atoms with van der Waals surface area (Å²) in [6.07, 6.45) is 0. The molecule has 7 heteroatoms. The van der Waals surface area contributed by atoms with Crippen LogP contribution in [0.5, 0.6) is 5.75 Å². The summed E-state index contributed by atoms with van der Waals surface area (Å²) in [5.41, 5.74) is 5.40. The number of hydrogen-bond donors (Lipinski definition) is 2. The number of benzene rings is 2. The normalized spacial score (nSPS) is 11.3. The zero-order valence-corrected chi connectivity index (χ0v) is 19.4. The molecule has 7 nitrogen and oxygen atoms in total. The molecule has 3 rings (SSSR count). The maximum atomic E-state index is 12.9. The molecule has 1 heterocycles. The Labute approximate surface area is 189 Å². The largest absolute Gasteiger partial charge is 0.494 e. The summed E-state index contributed by atoms with van der Waals surface area (Å²) in [4.78, 5) is 17.6. The molecule has 168 valence electrons. The van der Waals surface area contributed by atoms with Crippen LogP contribution in [0.3, 0.4) is 0 Å². The van der Waals surface area contributed by atoms with Gasteiger partial charge in [0.05, 0.1) is 18.8 Å². The van der Waals surface area contributed by atoms with Crippen LogP contribution >= 0.6 is 0 Å². The van der Waals surface area contributed by atoms with Crippen LogP contribution in [-0.2, 0) is 13.1 Å². The van der Waals surface area contributed by atoms with Crippen molar-refractivity contribution in [3.63, 3.8) is 0 Å². The van der Waals surface area contributed by atoms with Crippen molar-refractivity contribution in [2.24, 2.45) is 4.99 Å². The highest BCUT2D eigenvalue weighted by Gasteiger charge is 2.14. The SMILES string of the molecule is CCOc1ccc(NC(=NCc2c(C)nn(CC)c2C)NC(=O)c2ccccc2C)cc1. The van der Waals surface area contributed by atoms with E-state index in [1.54, 1.807) is 6.07 Å². The quantitative estimate of drug-likeness (QED) is 0.421. The predicted molar refractivity (Wildman–Crippen MR) is 128 cm³/mol. The van der Waals surface area contributed by atoms with Gasteiger partial charge >= 0.3 is 0 Å². The number of aryl methyl sites for hydroxylation is 3. The van der Waals surface area contributed by atoms with Gasteiger partial charge in [-0.15, -0.1) is 0 Å². The molecule has 2 aromatic carbocycles. The molecule has 0 saturated carbocycles. The van der Waals surface area contributed by atoms with E-state index in [9.17, 15) is 4.79 Å². The van der Waals surface area contributed by atoms with Crippen molar-refractivity contribution < 1.29 is 9.53 Å². The molecule has 0 fully saturated rings. The van der Waals surface area contributed by atoms with Crippen LogP contribution in [0.15, 0.2) is 53.5 Å². The van der Waals surface area contributed by atoms with Crippen molar-refractivity contribution in [1.82, 2.24) is 15.1 Å². The summed E-state index contributed by atoms with van der Waals surface area (Å²) >= 11 is 0. The number of carbonyl (C=O) groups is 1. The van der Waals surface area contributed by atoms with Crippen molar-refractivity contribution >= 4 is 17.6 Å². The van der Waals surface area contributed by atoms with Crippen LogP contribution < -0.4 is 15.4 Å². The van der Waals surface area contributed by atoms with Crippen LogP contribution in [0, 0.1) is 20.8 Å². The lowest BCUT2D eigenvalue weighted by molar-refractivity contribution is 0.0976. The van der Waals surface area contributed by atoms with Gasteiger partial charge in [0, 0.05) is 29.1 Å². The second-order valence-electron chi connectivity index (χ2n) is 7.48. The molecule has 0 atom stereocenters. The van der Waals surface area contributed by atoms with Crippen LogP contribution in [0.2, 0.25) is 0 Å². The number of rotatable bonds is 7. The first-order valence-electron chi connectivity index (χ1n) is 10.9. The average Bonchev–Trinajstić information content (AvgIpc) is 3.06. The van der Waals surface area contributed by atoms with E-state index in [0.29, 0.717) is 24.7 Å². The van der Waals surface area contributed by atoms with E-state index in [-0.39, 0.29) is 5.91 Å². The highest BCUT2D eigenvalue weighted by Crippen LogP contribution is 2.17. The van der Waals surface area contributed by atoms with Gasteiger partial charge in [-0.3, -0.25) is 14.8 Å². The summed E-state index contributed by atoms with van der Waals surface area (Å²) in [5.74, 6) is 0.960. The number of aromatic nitrogens is 2. The maximum Gasteiger partial charge on any atom is 0.258 e. The molecule has 32 heavy (non-hydrogen) atoms. The van der Waals surface area contributed by atoms with Crippen molar-refractivity contribution in [2.75, 3.05) is 11.9 Å². The highest BCUT2D eigenvalue weighted by molar-refractivity contribution is 6.10. The molecule has 2 N–H and O–H groups in total. The molecule has 0 aliphatic heterocycles. The smallest absolute Gasteiger partial charge is 0.258 e. The summed E-state index contributed by atoms with van der Waals surface area (Å²) in [6, 6.07) is 15.0. The Bertz CT molecular complexity index is 1100. The fraction of sp³-hybridized carbons (Fsp3) is 0.320. The zero-order valence-electron chi connectivity index (χ0n) is 19.4. The number of amides is 1. The molecule has 0 unspecified atom stereocenters. The number of nitrogens with one attached hydrogen (secondary N) is 2. The molecular weight excluding hydrogens is 402 g/mol. The zero-order chi connectivity index (χ0) is 23.1. The van der Waals surface area contributed by atoms with E-state index in [4.69, 9.17) is 9.73 Å². The van der Waals surface area contributed by atoms with E-state index >= 15 is 0 Å². The maximum absolute atomic E-state index is 12.9. The number of nitrogens with zero attached hydrogens (tertiary/aromatic N) is 3. The van der Waals surface area contributed by atoms with Gasteiger partial charge < -0.3 is 10.1 Å². The lowest BCUT2D eigenvalue weighted by atomic mass is 10.1. The predicted octanol–water partition coefficient (Wildman–Crippen LogP) is 4.63. The molecular formula is C25H31N5O2. The van der Waals surface area contributed by atoms with Gasteiger partial charge in [-0.1, -0.05) is 18.2 Å². The first-order valence-corrected chi connectivity index (χ1v) is 10.9. The number of carbonyl (C=O) groups excluding carboxylic acids is 1. The third kappa shape index (κ3) is 5.55. The second kappa shape index (κ2) is 10.6. The van der Waals surface area contributed by atoms with E-state index in [0.717, 1.165) is 40.5 Å². The molecule has 0 spiro atoms. The molecule has 1 aromatic heterocycles. The fourth-order valence-electron chi connectivity index (χ4n) is 3.48. The Morgan fingerprint density at radius 1 is 1.06 bits per heavy atom. The molecule has 0 aliphatic carbocycles. The van der Waals surface area contributed by atoms with Crippen LogP contribution in [0.4, 0.5) is 5.69 Å². The number of aliphatic imine (C=N–C) groups is 1. The van der Waals surface area contributed by atoms with Gasteiger partial charge in [-0.05, 0) is 70.5 Å². The third-order valence-electron chi connectivity index (χ3n) is 5.28.